The van der Waals surface area contributed by atoms with Crippen molar-refractivity contribution in [1.82, 2.24) is 4.72 Å². The Hall–Kier alpha value is -0.910. The van der Waals surface area contributed by atoms with Crippen LogP contribution in [-0.2, 0) is 16.6 Å². The second-order valence-electron chi connectivity index (χ2n) is 7.55. The number of ketones is 1. The first-order valence-electron chi connectivity index (χ1n) is 9.84. The van der Waals surface area contributed by atoms with Gasteiger partial charge in [0.1, 0.15) is 5.78 Å². The summed E-state index contributed by atoms with van der Waals surface area (Å²) in [7, 11) is 0. The minimum absolute atomic E-state index is 0.214. The smallest absolute Gasteiger partial charge is 0.156 e. The Morgan fingerprint density at radius 3 is 2.30 bits per heavy atom. The van der Waals surface area contributed by atoms with Crippen LogP contribution in [0.4, 0.5) is 0 Å². The van der Waals surface area contributed by atoms with Crippen LogP contribution in [0.5, 0.6) is 5.75 Å². The molecule has 3 nitrogen and oxygen atoms in total. The van der Waals surface area contributed by atoms with E-state index >= 15 is 0 Å². The first kappa shape index (κ1) is 25.4. The molecule has 2 rings (SSSR count). The van der Waals surface area contributed by atoms with Gasteiger partial charge in [-0.15, -0.1) is 11.6 Å². The Bertz CT molecular complexity index is 818. The van der Waals surface area contributed by atoms with Gasteiger partial charge in [0, 0.05) is 17.7 Å². The number of aryl methyl sites for hydroxylation is 1. The van der Waals surface area contributed by atoms with Gasteiger partial charge in [0.15, 0.2) is 5.75 Å². The van der Waals surface area contributed by atoms with Crippen LogP contribution in [0.15, 0.2) is 36.4 Å². The lowest BCUT2D eigenvalue weighted by Gasteiger charge is -2.27. The molecule has 0 fully saturated rings. The molecular formula is C23H28Cl3NO2S. The summed E-state index contributed by atoms with van der Waals surface area (Å²) in [6, 6.07) is 12.2. The molecule has 0 saturated carbocycles. The molecule has 164 valence electrons. The van der Waals surface area contributed by atoms with Crippen molar-refractivity contribution in [3.05, 3.63) is 63.1 Å². The third kappa shape index (κ3) is 7.06. The number of carbonyl (C=O) groups excluding carboxylic acids is 1. The number of rotatable bonds is 12. The Morgan fingerprint density at radius 2 is 1.73 bits per heavy atom. The molecule has 0 heterocycles. The summed E-state index contributed by atoms with van der Waals surface area (Å²) < 4.78 is 8.68. The molecule has 7 heteroatoms. The Morgan fingerprint density at radius 1 is 1.10 bits per heavy atom. The van der Waals surface area contributed by atoms with E-state index < -0.39 is 0 Å². The fraction of sp³-hybridized carbons (Fsp3) is 0.435. The van der Waals surface area contributed by atoms with Crippen LogP contribution in [0.3, 0.4) is 0 Å². The van der Waals surface area contributed by atoms with Gasteiger partial charge in [-0.05, 0) is 47.9 Å². The molecule has 1 N–H and O–H groups in total. The van der Waals surface area contributed by atoms with E-state index in [0.29, 0.717) is 41.2 Å². The number of nitrogens with one attached hydrogen (secondary N) is 1. The van der Waals surface area contributed by atoms with Crippen LogP contribution in [0.2, 0.25) is 10.0 Å². The van der Waals surface area contributed by atoms with Gasteiger partial charge in [-0.25, -0.2) is 0 Å². The fourth-order valence-corrected chi connectivity index (χ4v) is 4.08. The van der Waals surface area contributed by atoms with Crippen molar-refractivity contribution in [3.8, 4) is 5.75 Å². The van der Waals surface area contributed by atoms with Gasteiger partial charge in [0.05, 0.1) is 23.2 Å². The van der Waals surface area contributed by atoms with Gasteiger partial charge >= 0.3 is 0 Å². The molecule has 0 atom stereocenters. The predicted molar refractivity (Wildman–Crippen MR) is 131 cm³/mol. The van der Waals surface area contributed by atoms with Gasteiger partial charge < -0.3 is 4.74 Å². The molecule has 30 heavy (non-hydrogen) atoms. The van der Waals surface area contributed by atoms with Crippen molar-refractivity contribution in [2.45, 2.75) is 38.5 Å². The lowest BCUT2D eigenvalue weighted by atomic mass is 9.78. The Balaban J connectivity index is 2.12. The van der Waals surface area contributed by atoms with Crippen LogP contribution in [-0.4, -0.2) is 31.1 Å². The quantitative estimate of drug-likeness (QED) is 0.205. The molecule has 0 saturated heterocycles. The van der Waals surface area contributed by atoms with Crippen LogP contribution in [0.1, 0.15) is 43.4 Å². The maximum atomic E-state index is 11.8. The van der Waals surface area contributed by atoms with E-state index in [4.69, 9.17) is 39.5 Å². The molecule has 0 aliphatic heterocycles. The number of benzene rings is 2. The molecule has 0 aliphatic rings. The SMILES string of the molecule is CSNCC(=O)CCc1ccc(C(C)(C)c2cc(Cl)c(OCCCCl)c(Cl)c2)cc1. The summed E-state index contributed by atoms with van der Waals surface area (Å²) in [5, 5.41) is 0.989. The topological polar surface area (TPSA) is 38.3 Å². The number of halogens is 3. The maximum Gasteiger partial charge on any atom is 0.156 e. The van der Waals surface area contributed by atoms with Crippen LogP contribution >= 0.6 is 46.8 Å². The molecule has 0 spiro atoms. The normalized spacial score (nSPS) is 11.5. The molecule has 0 unspecified atom stereocenters. The number of hydrogen-bond donors (Lipinski definition) is 1. The van der Waals surface area contributed by atoms with Crippen LogP contribution in [0, 0.1) is 0 Å². The largest absolute Gasteiger partial charge is 0.490 e. The number of ether oxygens (including phenoxy) is 1. The predicted octanol–water partition coefficient (Wildman–Crippen LogP) is 6.70. The van der Waals surface area contributed by atoms with Crippen molar-refractivity contribution in [2.75, 3.05) is 25.3 Å². The summed E-state index contributed by atoms with van der Waals surface area (Å²) in [5.41, 5.74) is 3.00. The minimum atomic E-state index is -0.293. The van der Waals surface area contributed by atoms with Crippen molar-refractivity contribution in [2.24, 2.45) is 0 Å². The third-order valence-electron chi connectivity index (χ3n) is 5.03. The van der Waals surface area contributed by atoms with E-state index in [0.717, 1.165) is 29.5 Å². The van der Waals surface area contributed by atoms with Gasteiger partial charge in [-0.3, -0.25) is 9.52 Å². The second kappa shape index (κ2) is 12.2. The van der Waals surface area contributed by atoms with Crippen molar-refractivity contribution in [3.63, 3.8) is 0 Å². The molecule has 0 radical (unpaired) electrons. The summed E-state index contributed by atoms with van der Waals surface area (Å²) >= 11 is 20.1. The number of alkyl halides is 1. The molecule has 0 amide bonds. The molecule has 0 bridgehead atoms. The number of hydrogen-bond acceptors (Lipinski definition) is 4. The third-order valence-corrected chi connectivity index (χ3v) is 6.29. The van der Waals surface area contributed by atoms with E-state index in [1.807, 2.05) is 18.4 Å². The molecule has 0 aromatic heterocycles. The zero-order valence-corrected chi connectivity index (χ0v) is 20.6. The van der Waals surface area contributed by atoms with E-state index in [2.05, 4.69) is 42.8 Å². The average Bonchev–Trinajstić information content (AvgIpc) is 2.72. The van der Waals surface area contributed by atoms with E-state index in [1.54, 1.807) is 0 Å². The first-order chi connectivity index (χ1) is 14.3. The second-order valence-corrected chi connectivity index (χ2v) is 9.44. The zero-order valence-electron chi connectivity index (χ0n) is 17.6. The lowest BCUT2D eigenvalue weighted by Crippen LogP contribution is -2.19. The van der Waals surface area contributed by atoms with Crippen LogP contribution in [0.25, 0.3) is 0 Å². The lowest BCUT2D eigenvalue weighted by molar-refractivity contribution is -0.117. The van der Waals surface area contributed by atoms with Crippen molar-refractivity contribution < 1.29 is 9.53 Å². The molecule has 0 aliphatic carbocycles. The maximum absolute atomic E-state index is 11.8. The number of carbonyl (C=O) groups is 1. The minimum Gasteiger partial charge on any atom is -0.490 e. The average molecular weight is 489 g/mol. The van der Waals surface area contributed by atoms with Gasteiger partial charge in [-0.2, -0.15) is 0 Å². The summed E-state index contributed by atoms with van der Waals surface area (Å²) in [6.45, 7) is 5.15. The molecule has 2 aromatic carbocycles. The van der Waals surface area contributed by atoms with E-state index in [1.165, 1.54) is 11.9 Å². The standard InChI is InChI=1S/C23H28Cl3NO2S/c1-23(2,18-13-20(25)22(21(26)14-18)29-12-4-11-24)17-8-5-16(6-9-17)7-10-19(28)15-27-30-3/h5-6,8-9,13-14,27H,4,7,10-12,15H2,1-3H3. The van der Waals surface area contributed by atoms with Gasteiger partial charge in [-0.1, -0.05) is 73.3 Å². The van der Waals surface area contributed by atoms with Crippen molar-refractivity contribution >= 4 is 52.5 Å². The monoisotopic (exact) mass is 487 g/mol. The molecular weight excluding hydrogens is 461 g/mol. The van der Waals surface area contributed by atoms with Gasteiger partial charge in [0.25, 0.3) is 0 Å². The van der Waals surface area contributed by atoms with Crippen LogP contribution < -0.4 is 9.46 Å². The number of Topliss-reactive ketones (excluding diaryl/α,β-unsaturated/α-hetero) is 1. The van der Waals surface area contributed by atoms with E-state index in [9.17, 15) is 4.79 Å². The summed E-state index contributed by atoms with van der Waals surface area (Å²) in [5.74, 6) is 1.24. The summed E-state index contributed by atoms with van der Waals surface area (Å²) in [6.07, 6.45) is 3.91. The van der Waals surface area contributed by atoms with Crippen molar-refractivity contribution in [1.29, 1.82) is 0 Å². The highest BCUT2D eigenvalue weighted by Gasteiger charge is 2.25. The Kier molecular flexibility index (Phi) is 10.3. The zero-order chi connectivity index (χ0) is 22.1. The summed E-state index contributed by atoms with van der Waals surface area (Å²) in [4.78, 5) is 11.8. The Labute approximate surface area is 198 Å². The molecule has 2 aromatic rings. The fourth-order valence-electron chi connectivity index (χ4n) is 3.07. The highest BCUT2D eigenvalue weighted by atomic mass is 35.5. The highest BCUT2D eigenvalue weighted by molar-refractivity contribution is 7.96. The van der Waals surface area contributed by atoms with Gasteiger partial charge in [0.2, 0.25) is 0 Å². The highest BCUT2D eigenvalue weighted by Crippen LogP contribution is 2.40. The van der Waals surface area contributed by atoms with E-state index in [-0.39, 0.29) is 11.2 Å². The first-order valence-corrected chi connectivity index (χ1v) is 12.4.